The first-order valence-corrected chi connectivity index (χ1v) is 8.94. The number of ketones is 1. The molecular weight excluding hydrogens is 316 g/mol. The number of aliphatic hydroxyl groups excluding tert-OH is 1. The third-order valence-electron chi connectivity index (χ3n) is 6.88. The number of aromatic amines is 1. The van der Waals surface area contributed by atoms with Crippen molar-refractivity contribution in [1.82, 2.24) is 9.88 Å². The lowest BCUT2D eigenvalue weighted by atomic mass is 9.68. The molecule has 2 aliphatic heterocycles. The van der Waals surface area contributed by atoms with Crippen molar-refractivity contribution in [3.63, 3.8) is 0 Å². The molecule has 0 radical (unpaired) electrons. The van der Waals surface area contributed by atoms with E-state index in [1.54, 1.807) is 0 Å². The minimum atomic E-state index is -0.936. The van der Waals surface area contributed by atoms with Crippen LogP contribution in [0.4, 0.5) is 0 Å². The van der Waals surface area contributed by atoms with Crippen molar-refractivity contribution < 1.29 is 14.7 Å². The van der Waals surface area contributed by atoms with E-state index in [4.69, 9.17) is 0 Å². The van der Waals surface area contributed by atoms with Gasteiger partial charge in [-0.05, 0) is 50.3 Å². The Morgan fingerprint density at radius 2 is 2.12 bits per heavy atom. The number of H-pyrrole nitrogens is 1. The van der Waals surface area contributed by atoms with Crippen molar-refractivity contribution in [3.8, 4) is 0 Å². The standard InChI is InChI=1S/C20H22N2O3/c1-9(23)14-18(24)17-16-11-8-21-13-6-4-5-10(15(11)13)7-12(16)20(2,3)22(17)19(14)25/h4-6,8,12,14,16-18,21,24H,7H2,1-3H3. The number of hydrogen-bond acceptors (Lipinski definition) is 3. The van der Waals surface area contributed by atoms with E-state index in [2.05, 4.69) is 37.0 Å². The lowest BCUT2D eigenvalue weighted by Crippen LogP contribution is -2.47. The van der Waals surface area contributed by atoms with Gasteiger partial charge >= 0.3 is 0 Å². The fourth-order valence-corrected chi connectivity index (χ4v) is 5.84. The number of carbonyl (C=O) groups is 2. The van der Waals surface area contributed by atoms with Gasteiger partial charge in [0.25, 0.3) is 0 Å². The number of nitrogens with zero attached hydrogens (tertiary/aromatic N) is 1. The number of benzene rings is 1. The fraction of sp³-hybridized carbons (Fsp3) is 0.500. The molecule has 2 saturated heterocycles. The maximum Gasteiger partial charge on any atom is 0.236 e. The van der Waals surface area contributed by atoms with E-state index in [1.165, 1.54) is 23.4 Å². The van der Waals surface area contributed by atoms with Gasteiger partial charge in [-0.2, -0.15) is 0 Å². The molecule has 5 unspecified atom stereocenters. The van der Waals surface area contributed by atoms with Crippen molar-refractivity contribution >= 4 is 22.6 Å². The first-order chi connectivity index (χ1) is 11.8. The molecule has 5 heteroatoms. The van der Waals surface area contributed by atoms with Crippen LogP contribution in [0.25, 0.3) is 10.9 Å². The van der Waals surface area contributed by atoms with Crippen LogP contribution < -0.4 is 0 Å². The Morgan fingerprint density at radius 3 is 2.84 bits per heavy atom. The summed E-state index contributed by atoms with van der Waals surface area (Å²) in [6, 6.07) is 5.96. The van der Waals surface area contributed by atoms with Crippen molar-refractivity contribution in [2.45, 2.75) is 50.8 Å². The zero-order valence-corrected chi connectivity index (χ0v) is 14.6. The van der Waals surface area contributed by atoms with Gasteiger partial charge < -0.3 is 15.0 Å². The van der Waals surface area contributed by atoms with Crippen molar-refractivity contribution in [2.24, 2.45) is 11.8 Å². The van der Waals surface area contributed by atoms with Gasteiger partial charge in [0, 0.05) is 28.6 Å². The Labute approximate surface area is 146 Å². The molecule has 5 atom stereocenters. The van der Waals surface area contributed by atoms with Gasteiger partial charge in [0.15, 0.2) is 0 Å². The highest BCUT2D eigenvalue weighted by atomic mass is 16.3. The lowest BCUT2D eigenvalue weighted by molar-refractivity contribution is -0.140. The summed E-state index contributed by atoms with van der Waals surface area (Å²) in [6.07, 6.45) is 1.98. The average Bonchev–Trinajstić information content (AvgIpc) is 3.14. The summed E-state index contributed by atoms with van der Waals surface area (Å²) in [7, 11) is 0. The highest BCUT2D eigenvalue weighted by Gasteiger charge is 2.66. The molecule has 0 bridgehead atoms. The van der Waals surface area contributed by atoms with Crippen LogP contribution >= 0.6 is 0 Å². The van der Waals surface area contributed by atoms with Gasteiger partial charge in [0.2, 0.25) is 5.91 Å². The lowest BCUT2D eigenvalue weighted by Gasteiger charge is -2.37. The SMILES string of the molecule is CC(=O)C1C(=O)N2C(C1O)C1c3c[nH]c4cccc(c34)CC1C2(C)C. The number of aromatic nitrogens is 1. The summed E-state index contributed by atoms with van der Waals surface area (Å²) in [5, 5.41) is 12.1. The maximum atomic E-state index is 13.0. The average molecular weight is 338 g/mol. The summed E-state index contributed by atoms with van der Waals surface area (Å²) in [4.78, 5) is 30.2. The monoisotopic (exact) mass is 338 g/mol. The molecule has 0 spiro atoms. The van der Waals surface area contributed by atoms with Crippen LogP contribution in [0.2, 0.25) is 0 Å². The molecule has 2 fully saturated rings. The Balaban J connectivity index is 1.73. The predicted octanol–water partition coefficient (Wildman–Crippen LogP) is 1.99. The van der Waals surface area contributed by atoms with Crippen LogP contribution in [0.3, 0.4) is 0 Å². The number of aliphatic hydroxyl groups is 1. The number of fused-ring (bicyclic) bond motifs is 4. The van der Waals surface area contributed by atoms with Crippen molar-refractivity contribution in [2.75, 3.05) is 0 Å². The van der Waals surface area contributed by atoms with E-state index >= 15 is 0 Å². The summed E-state index contributed by atoms with van der Waals surface area (Å²) < 4.78 is 0. The Hall–Kier alpha value is -2.14. The smallest absolute Gasteiger partial charge is 0.236 e. The summed E-state index contributed by atoms with van der Waals surface area (Å²) >= 11 is 0. The molecular formula is C20H22N2O3. The number of amides is 1. The second-order valence-corrected chi connectivity index (χ2v) is 8.35. The topological polar surface area (TPSA) is 73.4 Å². The third kappa shape index (κ3) is 1.62. The minimum absolute atomic E-state index is 0.0574. The largest absolute Gasteiger partial charge is 0.390 e. The van der Waals surface area contributed by atoms with Gasteiger partial charge in [-0.25, -0.2) is 0 Å². The first-order valence-electron chi connectivity index (χ1n) is 8.94. The van der Waals surface area contributed by atoms with Gasteiger partial charge in [0.1, 0.15) is 11.7 Å². The molecule has 3 heterocycles. The third-order valence-corrected chi connectivity index (χ3v) is 6.88. The van der Waals surface area contributed by atoms with E-state index in [-0.39, 0.29) is 29.6 Å². The molecule has 2 N–H and O–H groups in total. The normalized spacial score (nSPS) is 35.1. The maximum absolute atomic E-state index is 13.0. The number of carbonyl (C=O) groups excluding carboxylic acids is 2. The van der Waals surface area contributed by atoms with Crippen LogP contribution in [-0.2, 0) is 16.0 Å². The quantitative estimate of drug-likeness (QED) is 0.781. The van der Waals surface area contributed by atoms with Crippen LogP contribution in [-0.4, -0.2) is 44.4 Å². The molecule has 1 aromatic carbocycles. The molecule has 1 aliphatic carbocycles. The van der Waals surface area contributed by atoms with Crippen LogP contribution in [0.15, 0.2) is 24.4 Å². The zero-order valence-electron chi connectivity index (χ0n) is 14.6. The molecule has 5 nitrogen and oxygen atoms in total. The summed E-state index contributed by atoms with van der Waals surface area (Å²) in [5.74, 6) is -1.08. The highest BCUT2D eigenvalue weighted by Crippen LogP contribution is 2.58. The van der Waals surface area contributed by atoms with Crippen LogP contribution in [0.5, 0.6) is 0 Å². The second kappa shape index (κ2) is 4.52. The molecule has 2 aromatic rings. The van der Waals surface area contributed by atoms with E-state index in [1.807, 2.05) is 11.1 Å². The Morgan fingerprint density at radius 1 is 1.36 bits per heavy atom. The molecule has 1 aromatic heterocycles. The highest BCUT2D eigenvalue weighted by molar-refractivity contribution is 6.03. The fourth-order valence-electron chi connectivity index (χ4n) is 5.84. The van der Waals surface area contributed by atoms with Gasteiger partial charge in [-0.3, -0.25) is 9.59 Å². The predicted molar refractivity (Wildman–Crippen MR) is 93.1 cm³/mol. The van der Waals surface area contributed by atoms with E-state index < -0.39 is 17.6 Å². The summed E-state index contributed by atoms with van der Waals surface area (Å²) in [6.45, 7) is 5.56. The number of rotatable bonds is 1. The first kappa shape index (κ1) is 15.1. The molecule has 1 amide bonds. The van der Waals surface area contributed by atoms with Gasteiger partial charge in [0.05, 0.1) is 12.1 Å². The molecule has 5 rings (SSSR count). The Bertz CT molecular complexity index is 928. The Kier molecular flexibility index (Phi) is 2.74. The van der Waals surface area contributed by atoms with Gasteiger partial charge in [-0.15, -0.1) is 0 Å². The molecule has 3 aliphatic rings. The molecule has 25 heavy (non-hydrogen) atoms. The van der Waals surface area contributed by atoms with Crippen molar-refractivity contribution in [3.05, 3.63) is 35.5 Å². The minimum Gasteiger partial charge on any atom is -0.390 e. The molecule has 0 saturated carbocycles. The molecule has 130 valence electrons. The van der Waals surface area contributed by atoms with E-state index in [0.29, 0.717) is 0 Å². The van der Waals surface area contributed by atoms with Crippen LogP contribution in [0, 0.1) is 11.8 Å². The van der Waals surface area contributed by atoms with E-state index in [9.17, 15) is 14.7 Å². The van der Waals surface area contributed by atoms with Gasteiger partial charge in [-0.1, -0.05) is 12.1 Å². The zero-order chi connectivity index (χ0) is 17.7. The summed E-state index contributed by atoms with van der Waals surface area (Å²) in [5.41, 5.74) is 3.19. The van der Waals surface area contributed by atoms with E-state index in [0.717, 1.165) is 11.9 Å². The second-order valence-electron chi connectivity index (χ2n) is 8.35. The number of nitrogens with one attached hydrogen (secondary N) is 1. The van der Waals surface area contributed by atoms with Crippen LogP contribution in [0.1, 0.15) is 37.8 Å². The number of Topliss-reactive ketones (excluding diaryl/α,β-unsaturated/α-hetero) is 1. The van der Waals surface area contributed by atoms with Crippen molar-refractivity contribution in [1.29, 1.82) is 0 Å². The number of hydrogen-bond donors (Lipinski definition) is 2.